The minimum Gasteiger partial charge on any atom is -0.504 e. The highest BCUT2D eigenvalue weighted by Crippen LogP contribution is 2.17. The highest BCUT2D eigenvalue weighted by Gasteiger charge is 2.18. The molecule has 0 saturated heterocycles. The monoisotopic (exact) mass is 140 g/mol. The first-order chi connectivity index (χ1) is 4.75. The van der Waals surface area contributed by atoms with Gasteiger partial charge in [0.2, 0.25) is 0 Å². The summed E-state index contributed by atoms with van der Waals surface area (Å²) in [5.41, 5.74) is 0.247. The van der Waals surface area contributed by atoms with Crippen LogP contribution in [0.5, 0.6) is 0 Å². The molecule has 0 aromatic rings. The molecule has 0 atom stereocenters. The number of carbonyl (C=O) groups is 2. The van der Waals surface area contributed by atoms with Gasteiger partial charge in [-0.15, -0.1) is 0 Å². The predicted molar refractivity (Wildman–Crippen MR) is 34.6 cm³/mol. The SMILES string of the molecule is O=CC1=C(O)C(=O)CCC1. The zero-order valence-corrected chi connectivity index (χ0v) is 5.46. The molecule has 0 radical (unpaired) electrons. The smallest absolute Gasteiger partial charge is 0.197 e. The summed E-state index contributed by atoms with van der Waals surface area (Å²) >= 11 is 0. The fourth-order valence-electron chi connectivity index (χ4n) is 0.970. The molecule has 0 saturated carbocycles. The first kappa shape index (κ1) is 6.99. The van der Waals surface area contributed by atoms with Crippen molar-refractivity contribution in [2.75, 3.05) is 0 Å². The molecule has 0 bridgehead atoms. The van der Waals surface area contributed by atoms with E-state index in [1.165, 1.54) is 0 Å². The summed E-state index contributed by atoms with van der Waals surface area (Å²) in [6.45, 7) is 0. The molecule has 1 aliphatic carbocycles. The first-order valence-electron chi connectivity index (χ1n) is 3.16. The Morgan fingerprint density at radius 2 is 2.10 bits per heavy atom. The molecule has 3 heteroatoms. The van der Waals surface area contributed by atoms with Gasteiger partial charge in [-0.25, -0.2) is 0 Å². The van der Waals surface area contributed by atoms with E-state index in [-0.39, 0.29) is 17.1 Å². The van der Waals surface area contributed by atoms with E-state index >= 15 is 0 Å². The minimum atomic E-state index is -0.332. The van der Waals surface area contributed by atoms with Crippen LogP contribution < -0.4 is 0 Å². The molecule has 0 spiro atoms. The number of ketones is 1. The van der Waals surface area contributed by atoms with Crippen LogP contribution in [0.3, 0.4) is 0 Å². The highest BCUT2D eigenvalue weighted by molar-refractivity contribution is 5.99. The largest absolute Gasteiger partial charge is 0.504 e. The lowest BCUT2D eigenvalue weighted by atomic mass is 9.98. The molecule has 0 amide bonds. The van der Waals surface area contributed by atoms with Crippen LogP contribution in [0.25, 0.3) is 0 Å². The van der Waals surface area contributed by atoms with E-state index in [1.807, 2.05) is 0 Å². The van der Waals surface area contributed by atoms with Gasteiger partial charge in [0.05, 0.1) is 0 Å². The van der Waals surface area contributed by atoms with Crippen molar-refractivity contribution >= 4 is 12.1 Å². The van der Waals surface area contributed by atoms with Gasteiger partial charge >= 0.3 is 0 Å². The summed E-state index contributed by atoms with van der Waals surface area (Å²) in [4.78, 5) is 20.8. The summed E-state index contributed by atoms with van der Waals surface area (Å²) in [6.07, 6.45) is 2.12. The van der Waals surface area contributed by atoms with E-state index in [1.54, 1.807) is 0 Å². The number of rotatable bonds is 1. The Kier molecular flexibility index (Phi) is 1.85. The van der Waals surface area contributed by atoms with E-state index in [2.05, 4.69) is 0 Å². The summed E-state index contributed by atoms with van der Waals surface area (Å²) in [5.74, 6) is -0.644. The third-order valence-corrected chi connectivity index (χ3v) is 1.56. The number of allylic oxidation sites excluding steroid dienone is 2. The van der Waals surface area contributed by atoms with Gasteiger partial charge in [-0.3, -0.25) is 9.59 Å². The molecular weight excluding hydrogens is 132 g/mol. The van der Waals surface area contributed by atoms with Crippen LogP contribution in [0.1, 0.15) is 19.3 Å². The Morgan fingerprint density at radius 1 is 1.40 bits per heavy atom. The molecule has 10 heavy (non-hydrogen) atoms. The lowest BCUT2D eigenvalue weighted by Gasteiger charge is -2.08. The van der Waals surface area contributed by atoms with Crippen molar-refractivity contribution in [2.45, 2.75) is 19.3 Å². The molecule has 54 valence electrons. The number of hydrogen-bond donors (Lipinski definition) is 1. The molecule has 0 heterocycles. The van der Waals surface area contributed by atoms with Crippen LogP contribution in [0.4, 0.5) is 0 Å². The van der Waals surface area contributed by atoms with Gasteiger partial charge in [-0.2, -0.15) is 0 Å². The normalized spacial score (nSPS) is 19.4. The summed E-state index contributed by atoms with van der Waals surface area (Å²) < 4.78 is 0. The van der Waals surface area contributed by atoms with Crippen molar-refractivity contribution in [1.29, 1.82) is 0 Å². The highest BCUT2D eigenvalue weighted by atomic mass is 16.3. The van der Waals surface area contributed by atoms with E-state index in [0.717, 1.165) is 0 Å². The number of aliphatic hydroxyl groups excluding tert-OH is 1. The maximum atomic E-state index is 10.7. The second kappa shape index (κ2) is 2.64. The molecule has 0 aliphatic heterocycles. The van der Waals surface area contributed by atoms with Crippen LogP contribution in [-0.4, -0.2) is 17.2 Å². The quantitative estimate of drug-likeness (QED) is 0.547. The van der Waals surface area contributed by atoms with Crippen LogP contribution in [0, 0.1) is 0 Å². The van der Waals surface area contributed by atoms with Gasteiger partial charge in [0.1, 0.15) is 6.29 Å². The van der Waals surface area contributed by atoms with Gasteiger partial charge in [-0.05, 0) is 12.8 Å². The van der Waals surface area contributed by atoms with E-state index in [4.69, 9.17) is 5.11 Å². The van der Waals surface area contributed by atoms with Crippen molar-refractivity contribution in [3.8, 4) is 0 Å². The van der Waals surface area contributed by atoms with Gasteiger partial charge < -0.3 is 5.11 Å². The molecular formula is C7H8O3. The van der Waals surface area contributed by atoms with Crippen LogP contribution in [0.15, 0.2) is 11.3 Å². The van der Waals surface area contributed by atoms with Crippen molar-refractivity contribution in [2.24, 2.45) is 0 Å². The average Bonchev–Trinajstić information content (AvgIpc) is 1.95. The molecule has 1 rings (SSSR count). The second-order valence-corrected chi connectivity index (χ2v) is 2.27. The van der Waals surface area contributed by atoms with E-state index in [9.17, 15) is 9.59 Å². The van der Waals surface area contributed by atoms with Crippen molar-refractivity contribution in [3.05, 3.63) is 11.3 Å². The maximum Gasteiger partial charge on any atom is 0.197 e. The fraction of sp³-hybridized carbons (Fsp3) is 0.429. The maximum absolute atomic E-state index is 10.7. The third-order valence-electron chi connectivity index (χ3n) is 1.56. The van der Waals surface area contributed by atoms with Crippen molar-refractivity contribution in [3.63, 3.8) is 0 Å². The van der Waals surface area contributed by atoms with Gasteiger partial charge in [0.15, 0.2) is 11.5 Å². The molecule has 0 fully saturated rings. The number of hydrogen-bond acceptors (Lipinski definition) is 3. The Balaban J connectivity index is 2.92. The number of aliphatic hydroxyl groups is 1. The van der Waals surface area contributed by atoms with Crippen molar-refractivity contribution in [1.82, 2.24) is 0 Å². The molecule has 1 aliphatic rings. The van der Waals surface area contributed by atoms with E-state index < -0.39 is 0 Å². The fourth-order valence-corrected chi connectivity index (χ4v) is 0.970. The van der Waals surface area contributed by atoms with Crippen molar-refractivity contribution < 1.29 is 14.7 Å². The van der Waals surface area contributed by atoms with Gasteiger partial charge in [-0.1, -0.05) is 0 Å². The minimum absolute atomic E-state index is 0.247. The Hall–Kier alpha value is -1.12. The van der Waals surface area contributed by atoms with Crippen LogP contribution >= 0.6 is 0 Å². The number of aldehydes is 1. The zero-order valence-electron chi connectivity index (χ0n) is 5.46. The zero-order chi connectivity index (χ0) is 7.56. The lowest BCUT2D eigenvalue weighted by Crippen LogP contribution is -2.11. The first-order valence-corrected chi connectivity index (χ1v) is 3.16. The van der Waals surface area contributed by atoms with Gasteiger partial charge in [0.25, 0.3) is 0 Å². The van der Waals surface area contributed by atoms with Crippen LogP contribution in [-0.2, 0) is 9.59 Å². The second-order valence-electron chi connectivity index (χ2n) is 2.27. The molecule has 0 aromatic heterocycles. The van der Waals surface area contributed by atoms with Gasteiger partial charge in [0, 0.05) is 12.0 Å². The standard InChI is InChI=1S/C7H8O3/c8-4-5-2-1-3-6(9)7(5)10/h4,10H,1-3H2. The molecule has 3 nitrogen and oxygen atoms in total. The Labute approximate surface area is 58.4 Å². The van der Waals surface area contributed by atoms with E-state index in [0.29, 0.717) is 25.5 Å². The summed E-state index contributed by atoms with van der Waals surface area (Å²) in [6, 6.07) is 0. The molecule has 0 aromatic carbocycles. The Morgan fingerprint density at radius 3 is 2.60 bits per heavy atom. The van der Waals surface area contributed by atoms with Crippen LogP contribution in [0.2, 0.25) is 0 Å². The number of carbonyl (C=O) groups excluding carboxylic acids is 2. The Bertz CT molecular complexity index is 203. The predicted octanol–water partition coefficient (Wildman–Crippen LogP) is 0.750. The summed E-state index contributed by atoms with van der Waals surface area (Å²) in [7, 11) is 0. The third kappa shape index (κ3) is 1.07. The summed E-state index contributed by atoms with van der Waals surface area (Å²) in [5, 5.41) is 8.94. The average molecular weight is 140 g/mol. The topological polar surface area (TPSA) is 54.4 Å². The molecule has 1 N–H and O–H groups in total. The number of Topliss-reactive ketones (excluding diaryl/α,β-unsaturated/α-hetero) is 1. The lowest BCUT2D eigenvalue weighted by molar-refractivity contribution is -0.119. The molecule has 0 unspecified atom stereocenters.